The normalized spacial score (nSPS) is 16.3. The number of carbonyl (C=O) groups is 1. The van der Waals surface area contributed by atoms with Crippen LogP contribution < -0.4 is 16.6 Å². The molecule has 0 bridgehead atoms. The minimum atomic E-state index is -0.586. The molecule has 3 heterocycles. The van der Waals surface area contributed by atoms with Crippen molar-refractivity contribution in [3.63, 3.8) is 0 Å². The summed E-state index contributed by atoms with van der Waals surface area (Å²) in [5.41, 5.74) is 0.511. The van der Waals surface area contributed by atoms with Gasteiger partial charge < -0.3 is 10.1 Å². The largest absolute Gasteiger partial charge is 0.460 e. The summed E-state index contributed by atoms with van der Waals surface area (Å²) in [6, 6.07) is 3.87. The number of carbonyl (C=O) groups excluding carboxylic acids is 1. The van der Waals surface area contributed by atoms with E-state index in [0.717, 1.165) is 14.3 Å². The van der Waals surface area contributed by atoms with Crippen molar-refractivity contribution in [3.8, 4) is 0 Å². The SMILES string of the molecule is CC1=C(C(=O)OC(C)C)C(c2ccc(C)s2)c2c(n(C)c(=O)n(C)c2=O)N1. The van der Waals surface area contributed by atoms with Crippen LogP contribution in [0.25, 0.3) is 0 Å². The highest BCUT2D eigenvalue weighted by atomic mass is 32.1. The van der Waals surface area contributed by atoms with E-state index >= 15 is 0 Å². The summed E-state index contributed by atoms with van der Waals surface area (Å²) in [5.74, 6) is -0.637. The standard InChI is InChI=1S/C19H23N3O4S/c1-9(2)26-18(24)13-11(4)20-16-15(14(13)12-8-7-10(3)27-12)17(23)22(6)19(25)21(16)5/h7-9,14,20H,1-6H3. The van der Waals surface area contributed by atoms with Gasteiger partial charge in [0.05, 0.1) is 23.2 Å². The quantitative estimate of drug-likeness (QED) is 0.814. The number of hydrogen-bond donors (Lipinski definition) is 1. The van der Waals surface area contributed by atoms with Crippen molar-refractivity contribution in [1.82, 2.24) is 9.13 Å². The highest BCUT2D eigenvalue weighted by Crippen LogP contribution is 2.42. The lowest BCUT2D eigenvalue weighted by Gasteiger charge is -2.30. The van der Waals surface area contributed by atoms with Crippen LogP contribution in [0.5, 0.6) is 0 Å². The van der Waals surface area contributed by atoms with E-state index < -0.39 is 23.1 Å². The smallest absolute Gasteiger partial charge is 0.337 e. The second-order valence-corrected chi connectivity index (χ2v) is 8.29. The molecule has 0 saturated carbocycles. The van der Waals surface area contributed by atoms with E-state index in [4.69, 9.17) is 4.74 Å². The second kappa shape index (κ2) is 6.84. The minimum absolute atomic E-state index is 0.284. The number of ether oxygens (including phenoxy) is 1. The average Bonchev–Trinajstić information content (AvgIpc) is 3.02. The first kappa shape index (κ1) is 19.2. The third kappa shape index (κ3) is 3.14. The van der Waals surface area contributed by atoms with Gasteiger partial charge in [0.1, 0.15) is 5.82 Å². The minimum Gasteiger partial charge on any atom is -0.460 e. The van der Waals surface area contributed by atoms with Gasteiger partial charge in [-0.05, 0) is 39.8 Å². The Morgan fingerprint density at radius 2 is 1.85 bits per heavy atom. The van der Waals surface area contributed by atoms with Crippen LogP contribution in [-0.4, -0.2) is 21.2 Å². The molecule has 144 valence electrons. The predicted octanol–water partition coefficient (Wildman–Crippen LogP) is 2.24. The van der Waals surface area contributed by atoms with Crippen LogP contribution in [0.4, 0.5) is 5.82 Å². The van der Waals surface area contributed by atoms with Crippen molar-refractivity contribution in [2.75, 3.05) is 5.32 Å². The Kier molecular flexibility index (Phi) is 4.86. The maximum Gasteiger partial charge on any atom is 0.337 e. The van der Waals surface area contributed by atoms with Gasteiger partial charge in [-0.15, -0.1) is 11.3 Å². The van der Waals surface area contributed by atoms with E-state index in [1.54, 1.807) is 27.8 Å². The zero-order valence-electron chi connectivity index (χ0n) is 16.2. The van der Waals surface area contributed by atoms with Crippen LogP contribution >= 0.6 is 11.3 Å². The summed E-state index contributed by atoms with van der Waals surface area (Å²) in [5, 5.41) is 3.08. The molecule has 8 heteroatoms. The van der Waals surface area contributed by atoms with E-state index in [0.29, 0.717) is 22.7 Å². The fourth-order valence-electron chi connectivity index (χ4n) is 3.33. The molecule has 3 rings (SSSR count). The fourth-order valence-corrected chi connectivity index (χ4v) is 4.33. The lowest BCUT2D eigenvalue weighted by Crippen LogP contribution is -2.43. The molecule has 1 unspecified atom stereocenters. The number of fused-ring (bicyclic) bond motifs is 1. The summed E-state index contributed by atoms with van der Waals surface area (Å²) in [6.45, 7) is 7.29. The highest BCUT2D eigenvalue weighted by Gasteiger charge is 2.38. The Balaban J connectivity index is 2.34. The third-order valence-electron chi connectivity index (χ3n) is 4.60. The van der Waals surface area contributed by atoms with Gasteiger partial charge >= 0.3 is 11.7 Å². The molecule has 0 fully saturated rings. The van der Waals surface area contributed by atoms with Crippen LogP contribution in [0.15, 0.2) is 33.0 Å². The van der Waals surface area contributed by atoms with Crippen molar-refractivity contribution in [2.45, 2.75) is 39.7 Å². The number of allylic oxidation sites excluding steroid dienone is 1. The highest BCUT2D eigenvalue weighted by molar-refractivity contribution is 7.12. The molecule has 1 aliphatic rings. The number of rotatable bonds is 3. The monoisotopic (exact) mass is 389 g/mol. The van der Waals surface area contributed by atoms with Crippen LogP contribution in [0, 0.1) is 6.92 Å². The molecule has 0 amide bonds. The topological polar surface area (TPSA) is 82.3 Å². The molecule has 1 aliphatic heterocycles. The lowest BCUT2D eigenvalue weighted by molar-refractivity contribution is -0.142. The molecule has 1 atom stereocenters. The van der Waals surface area contributed by atoms with E-state index in [2.05, 4.69) is 5.32 Å². The predicted molar refractivity (Wildman–Crippen MR) is 105 cm³/mol. The molecular formula is C19H23N3O4S. The van der Waals surface area contributed by atoms with Gasteiger partial charge in [-0.3, -0.25) is 13.9 Å². The van der Waals surface area contributed by atoms with Gasteiger partial charge in [0.2, 0.25) is 0 Å². The van der Waals surface area contributed by atoms with Crippen molar-refractivity contribution in [2.24, 2.45) is 14.1 Å². The van der Waals surface area contributed by atoms with Gasteiger partial charge in [0.15, 0.2) is 0 Å². The molecule has 0 aromatic carbocycles. The number of hydrogen-bond acceptors (Lipinski definition) is 6. The Morgan fingerprint density at radius 3 is 2.41 bits per heavy atom. The zero-order valence-corrected chi connectivity index (χ0v) is 17.1. The number of aromatic nitrogens is 2. The summed E-state index contributed by atoms with van der Waals surface area (Å²) in [6.07, 6.45) is -0.284. The van der Waals surface area contributed by atoms with Crippen LogP contribution in [0.2, 0.25) is 0 Å². The van der Waals surface area contributed by atoms with Crippen molar-refractivity contribution in [1.29, 1.82) is 0 Å². The molecule has 27 heavy (non-hydrogen) atoms. The van der Waals surface area contributed by atoms with Gasteiger partial charge in [0.25, 0.3) is 5.56 Å². The van der Waals surface area contributed by atoms with Crippen LogP contribution in [0.1, 0.15) is 42.0 Å². The zero-order chi connectivity index (χ0) is 20.0. The summed E-state index contributed by atoms with van der Waals surface area (Å²) >= 11 is 1.52. The van der Waals surface area contributed by atoms with Gasteiger partial charge in [-0.1, -0.05) is 0 Å². The van der Waals surface area contributed by atoms with Crippen LogP contribution in [-0.2, 0) is 23.6 Å². The lowest BCUT2D eigenvalue weighted by atomic mass is 9.86. The summed E-state index contributed by atoms with van der Waals surface area (Å²) in [7, 11) is 3.05. The van der Waals surface area contributed by atoms with Crippen molar-refractivity contribution < 1.29 is 9.53 Å². The number of anilines is 1. The molecular weight excluding hydrogens is 366 g/mol. The maximum absolute atomic E-state index is 13.0. The Morgan fingerprint density at radius 1 is 1.19 bits per heavy atom. The Bertz CT molecular complexity index is 1070. The van der Waals surface area contributed by atoms with Crippen molar-refractivity contribution >= 4 is 23.1 Å². The molecule has 7 nitrogen and oxygen atoms in total. The van der Waals surface area contributed by atoms with E-state index in [9.17, 15) is 14.4 Å². The molecule has 0 spiro atoms. The first-order chi connectivity index (χ1) is 12.6. The fraction of sp³-hybridized carbons (Fsp3) is 0.421. The number of aryl methyl sites for hydroxylation is 1. The van der Waals surface area contributed by atoms with Crippen LogP contribution in [0.3, 0.4) is 0 Å². The first-order valence-corrected chi connectivity index (χ1v) is 9.50. The number of thiophene rings is 1. The molecule has 2 aromatic rings. The number of esters is 1. The second-order valence-electron chi connectivity index (χ2n) is 6.97. The summed E-state index contributed by atoms with van der Waals surface area (Å²) in [4.78, 5) is 40.2. The first-order valence-electron chi connectivity index (χ1n) is 8.68. The molecule has 1 N–H and O–H groups in total. The van der Waals surface area contributed by atoms with Gasteiger partial charge in [-0.2, -0.15) is 0 Å². The van der Waals surface area contributed by atoms with Gasteiger partial charge in [0, 0.05) is 29.5 Å². The molecule has 0 radical (unpaired) electrons. The third-order valence-corrected chi connectivity index (χ3v) is 5.66. The number of nitrogens with one attached hydrogen (secondary N) is 1. The molecule has 0 aliphatic carbocycles. The van der Waals surface area contributed by atoms with E-state index in [-0.39, 0.29) is 6.10 Å². The maximum atomic E-state index is 13.0. The summed E-state index contributed by atoms with van der Waals surface area (Å²) < 4.78 is 7.92. The Labute approximate surface area is 160 Å². The van der Waals surface area contributed by atoms with E-state index in [1.807, 2.05) is 19.1 Å². The van der Waals surface area contributed by atoms with E-state index in [1.165, 1.54) is 23.0 Å². The molecule has 2 aromatic heterocycles. The average molecular weight is 389 g/mol. The van der Waals surface area contributed by atoms with Gasteiger partial charge in [-0.25, -0.2) is 9.59 Å². The number of nitrogens with zero attached hydrogens (tertiary/aromatic N) is 2. The molecule has 0 saturated heterocycles. The Hall–Kier alpha value is -2.61. The van der Waals surface area contributed by atoms with Crippen molar-refractivity contribution in [3.05, 3.63) is 59.6 Å².